The van der Waals surface area contributed by atoms with E-state index in [4.69, 9.17) is 5.21 Å². The number of amides is 1. The molecule has 1 fully saturated rings. The number of halogens is 5. The van der Waals surface area contributed by atoms with Crippen LogP contribution in [0.5, 0.6) is 0 Å². The van der Waals surface area contributed by atoms with Crippen molar-refractivity contribution < 1.29 is 23.2 Å². The van der Waals surface area contributed by atoms with Gasteiger partial charge in [0.05, 0.1) is 0 Å². The van der Waals surface area contributed by atoms with Gasteiger partial charge in [0.15, 0.2) is 11.6 Å². The van der Waals surface area contributed by atoms with Crippen LogP contribution in [0.3, 0.4) is 0 Å². The maximum Gasteiger partial charge on any atom is 0.267 e. The summed E-state index contributed by atoms with van der Waals surface area (Å²) in [6.45, 7) is 1.25. The summed E-state index contributed by atoms with van der Waals surface area (Å²) in [6, 6.07) is 4.87. The topological polar surface area (TPSA) is 77.5 Å². The third kappa shape index (κ3) is 6.60. The van der Waals surface area contributed by atoms with Gasteiger partial charge in [0, 0.05) is 43.5 Å². The van der Waals surface area contributed by atoms with E-state index in [1.165, 1.54) is 42.0 Å². The summed E-state index contributed by atoms with van der Waals surface area (Å²) in [7, 11) is 0. The van der Waals surface area contributed by atoms with Gasteiger partial charge < -0.3 is 5.32 Å². The maximum absolute atomic E-state index is 14.2. The van der Waals surface area contributed by atoms with E-state index < -0.39 is 23.4 Å². The van der Waals surface area contributed by atoms with Gasteiger partial charge in [-0.05, 0) is 36.3 Å². The van der Waals surface area contributed by atoms with Crippen LogP contribution in [-0.4, -0.2) is 40.1 Å². The van der Waals surface area contributed by atoms with Gasteiger partial charge in [-0.2, -0.15) is 0 Å². The number of pyridine rings is 1. The summed E-state index contributed by atoms with van der Waals surface area (Å²) < 4.78 is 41.8. The van der Waals surface area contributed by atoms with Gasteiger partial charge in [0.1, 0.15) is 11.6 Å². The Morgan fingerprint density at radius 2 is 1.93 bits per heavy atom. The number of carbonyl (C=O) groups excluding carboxylic acids is 1. The van der Waals surface area contributed by atoms with Crippen LogP contribution in [0.25, 0.3) is 6.08 Å². The van der Waals surface area contributed by atoms with Crippen molar-refractivity contribution in [2.75, 3.05) is 18.4 Å². The fourth-order valence-corrected chi connectivity index (χ4v) is 3.05. The molecule has 0 bridgehead atoms. The van der Waals surface area contributed by atoms with E-state index in [-0.39, 0.29) is 48.8 Å². The number of hydrogen-bond donors (Lipinski definition) is 3. The molecule has 1 aliphatic rings. The second-order valence-electron chi connectivity index (χ2n) is 6.47. The Labute approximate surface area is 184 Å². The third-order valence-electron chi connectivity index (χ3n) is 4.46. The van der Waals surface area contributed by atoms with Gasteiger partial charge in [-0.15, -0.1) is 24.8 Å². The highest BCUT2D eigenvalue weighted by molar-refractivity contribution is 5.90. The Hall–Kier alpha value is -2.33. The molecule has 3 N–H and O–H groups in total. The zero-order valence-electron chi connectivity index (χ0n) is 15.6. The van der Waals surface area contributed by atoms with Crippen LogP contribution < -0.4 is 10.8 Å². The van der Waals surface area contributed by atoms with Gasteiger partial charge in [-0.3, -0.25) is 14.9 Å². The Bertz CT molecular complexity index is 882. The smallest absolute Gasteiger partial charge is 0.267 e. The monoisotopic (exact) mass is 464 g/mol. The van der Waals surface area contributed by atoms with Crippen LogP contribution in [0.2, 0.25) is 0 Å². The molecule has 0 aliphatic carbocycles. The number of hydroxylamine groups is 1. The van der Waals surface area contributed by atoms with E-state index in [1.807, 2.05) is 4.90 Å². The molecule has 1 amide bonds. The zero-order valence-corrected chi connectivity index (χ0v) is 17.3. The molecule has 3 rings (SSSR count). The molecule has 0 radical (unpaired) electrons. The highest BCUT2D eigenvalue weighted by Gasteiger charge is 2.25. The number of benzene rings is 1. The molecule has 0 spiro atoms. The molecule has 1 aromatic carbocycles. The number of rotatable bonds is 6. The van der Waals surface area contributed by atoms with Gasteiger partial charge in [-0.1, -0.05) is 6.07 Å². The SMILES string of the molecule is Cl.Cl.O=C(C=Cc1cnc(N[C@@H]2CCN(Cc3c(F)cccc3F)C2)c(F)c1)NO. The average Bonchev–Trinajstić information content (AvgIpc) is 3.12. The number of nitrogens with zero attached hydrogens (tertiary/aromatic N) is 2. The van der Waals surface area contributed by atoms with Crippen LogP contribution in [0, 0.1) is 17.5 Å². The van der Waals surface area contributed by atoms with Crippen LogP contribution in [-0.2, 0) is 11.3 Å². The molecule has 0 saturated carbocycles. The molecule has 2 heterocycles. The van der Waals surface area contributed by atoms with E-state index in [0.29, 0.717) is 25.1 Å². The predicted molar refractivity (Wildman–Crippen MR) is 111 cm³/mol. The van der Waals surface area contributed by atoms with Crippen molar-refractivity contribution in [1.29, 1.82) is 0 Å². The first-order valence-electron chi connectivity index (χ1n) is 8.65. The predicted octanol–water partition coefficient (Wildman–Crippen LogP) is 3.55. The maximum atomic E-state index is 14.2. The highest BCUT2D eigenvalue weighted by atomic mass is 35.5. The number of aromatic nitrogens is 1. The first kappa shape index (κ1) is 25.7. The minimum Gasteiger partial charge on any atom is -0.364 e. The summed E-state index contributed by atoms with van der Waals surface area (Å²) in [6.07, 6.45) is 4.41. The zero-order chi connectivity index (χ0) is 20.1. The van der Waals surface area contributed by atoms with Crippen molar-refractivity contribution in [3.8, 4) is 0 Å². The molecule has 30 heavy (non-hydrogen) atoms. The van der Waals surface area contributed by atoms with E-state index in [2.05, 4.69) is 10.3 Å². The number of likely N-dealkylation sites (tertiary alicyclic amines) is 1. The van der Waals surface area contributed by atoms with Crippen molar-refractivity contribution in [3.63, 3.8) is 0 Å². The van der Waals surface area contributed by atoms with E-state index in [1.54, 1.807) is 0 Å². The third-order valence-corrected chi connectivity index (χ3v) is 4.46. The second-order valence-corrected chi connectivity index (χ2v) is 6.47. The first-order chi connectivity index (χ1) is 13.5. The standard InChI is InChI=1S/C19H19F3N4O2.2ClH/c20-15-2-1-3-16(21)14(15)11-26-7-6-13(10-26)24-19-17(22)8-12(9-23-19)4-5-18(27)25-28;;/h1-5,8-9,13,28H,6-7,10-11H2,(H,23,24)(H,25,27);2*1H/t13-;;/m1../s1. The van der Waals surface area contributed by atoms with E-state index >= 15 is 0 Å². The van der Waals surface area contributed by atoms with Crippen molar-refractivity contribution in [2.45, 2.75) is 19.0 Å². The molecular formula is C19H21Cl2F3N4O2. The van der Waals surface area contributed by atoms with Gasteiger partial charge in [0.2, 0.25) is 0 Å². The quantitative estimate of drug-likeness (QED) is 0.346. The van der Waals surface area contributed by atoms with Crippen LogP contribution in [0.1, 0.15) is 17.5 Å². The average molecular weight is 465 g/mol. The Balaban J connectivity index is 0.00000225. The summed E-state index contributed by atoms with van der Waals surface area (Å²) in [5.74, 6) is -2.43. The summed E-state index contributed by atoms with van der Waals surface area (Å²) in [5, 5.41) is 11.4. The van der Waals surface area contributed by atoms with Crippen LogP contribution >= 0.6 is 24.8 Å². The lowest BCUT2D eigenvalue weighted by Gasteiger charge is -2.18. The molecule has 1 atom stereocenters. The molecule has 11 heteroatoms. The van der Waals surface area contributed by atoms with Gasteiger partial charge in [0.25, 0.3) is 5.91 Å². The first-order valence-corrected chi connectivity index (χ1v) is 8.65. The minimum atomic E-state index is -0.736. The molecular weight excluding hydrogens is 444 g/mol. The minimum absolute atomic E-state index is 0. The molecule has 1 aromatic heterocycles. The fourth-order valence-electron chi connectivity index (χ4n) is 3.05. The lowest BCUT2D eigenvalue weighted by atomic mass is 10.2. The lowest BCUT2D eigenvalue weighted by Crippen LogP contribution is -2.27. The molecule has 1 aliphatic heterocycles. The Morgan fingerprint density at radius 1 is 1.23 bits per heavy atom. The van der Waals surface area contributed by atoms with Gasteiger partial charge in [-0.25, -0.2) is 23.6 Å². The summed E-state index contributed by atoms with van der Waals surface area (Å²) in [5.41, 5.74) is 1.81. The second kappa shape index (κ2) is 11.8. The van der Waals surface area contributed by atoms with Crippen molar-refractivity contribution in [1.82, 2.24) is 15.4 Å². The molecule has 1 saturated heterocycles. The highest BCUT2D eigenvalue weighted by Crippen LogP contribution is 2.21. The Morgan fingerprint density at radius 3 is 2.57 bits per heavy atom. The molecule has 0 unspecified atom stereocenters. The summed E-state index contributed by atoms with van der Waals surface area (Å²) >= 11 is 0. The number of carbonyl (C=O) groups is 1. The van der Waals surface area contributed by atoms with Crippen molar-refractivity contribution in [2.24, 2.45) is 0 Å². The van der Waals surface area contributed by atoms with E-state index in [9.17, 15) is 18.0 Å². The van der Waals surface area contributed by atoms with Gasteiger partial charge >= 0.3 is 0 Å². The van der Waals surface area contributed by atoms with Crippen molar-refractivity contribution >= 4 is 42.6 Å². The van der Waals surface area contributed by atoms with E-state index in [0.717, 1.165) is 6.08 Å². The largest absolute Gasteiger partial charge is 0.364 e. The molecule has 6 nitrogen and oxygen atoms in total. The van der Waals surface area contributed by atoms with Crippen LogP contribution in [0.4, 0.5) is 19.0 Å². The lowest BCUT2D eigenvalue weighted by molar-refractivity contribution is -0.124. The normalized spacial score (nSPS) is 16.1. The number of nitrogens with one attached hydrogen (secondary N) is 2. The Kier molecular flexibility index (Phi) is 10.1. The number of hydrogen-bond acceptors (Lipinski definition) is 5. The van der Waals surface area contributed by atoms with Crippen molar-refractivity contribution in [3.05, 3.63) is 65.1 Å². The molecule has 2 aromatic rings. The summed E-state index contributed by atoms with van der Waals surface area (Å²) in [4.78, 5) is 16.8. The molecule has 164 valence electrons. The fraction of sp³-hybridized carbons (Fsp3) is 0.263. The van der Waals surface area contributed by atoms with Crippen LogP contribution in [0.15, 0.2) is 36.5 Å². The number of anilines is 1.